The normalized spacial score (nSPS) is 11.1. The summed E-state index contributed by atoms with van der Waals surface area (Å²) in [6, 6.07) is 11.8. The highest BCUT2D eigenvalue weighted by atomic mass is 14.9. The molecular weight excluding hydrogens is 222 g/mol. The van der Waals surface area contributed by atoms with E-state index in [0.717, 1.165) is 16.5 Å². The molecular formula is C15H11N3. The summed E-state index contributed by atoms with van der Waals surface area (Å²) in [6.45, 7) is 0. The smallest absolute Gasteiger partial charge is 0.152 e. The molecule has 0 atom stereocenters. The zero-order chi connectivity index (χ0) is 12.2. The molecule has 3 rings (SSSR count). The number of para-hydroxylation sites is 1. The summed E-state index contributed by atoms with van der Waals surface area (Å²) in [5, 5.41) is 1.05. The van der Waals surface area contributed by atoms with Gasteiger partial charge in [-0.25, -0.2) is 9.97 Å². The Bertz CT molecular complexity index is 690. The van der Waals surface area contributed by atoms with Crippen molar-refractivity contribution in [3.8, 4) is 0 Å². The zero-order valence-electron chi connectivity index (χ0n) is 9.69. The molecule has 0 aliphatic carbocycles. The fraction of sp³-hybridized carbons (Fsp3) is 0. The second-order valence-corrected chi connectivity index (χ2v) is 3.91. The van der Waals surface area contributed by atoms with E-state index in [1.807, 2.05) is 54.7 Å². The van der Waals surface area contributed by atoms with Gasteiger partial charge in [-0.3, -0.25) is 4.98 Å². The van der Waals surface area contributed by atoms with Crippen LogP contribution in [0.1, 0.15) is 11.4 Å². The molecule has 0 saturated heterocycles. The fourth-order valence-electron chi connectivity index (χ4n) is 1.71. The van der Waals surface area contributed by atoms with Crippen molar-refractivity contribution in [1.82, 2.24) is 15.0 Å². The minimum atomic E-state index is 0.706. The van der Waals surface area contributed by atoms with Crippen LogP contribution in [0.2, 0.25) is 0 Å². The summed E-state index contributed by atoms with van der Waals surface area (Å²) in [7, 11) is 0. The molecule has 3 nitrogen and oxygen atoms in total. The second-order valence-electron chi connectivity index (χ2n) is 3.91. The lowest BCUT2D eigenvalue weighted by Crippen LogP contribution is -1.87. The van der Waals surface area contributed by atoms with Gasteiger partial charge in [-0.15, -0.1) is 0 Å². The monoisotopic (exact) mass is 233 g/mol. The van der Waals surface area contributed by atoms with Crippen molar-refractivity contribution in [2.75, 3.05) is 0 Å². The van der Waals surface area contributed by atoms with E-state index in [9.17, 15) is 0 Å². The highest BCUT2D eigenvalue weighted by Crippen LogP contribution is 2.11. The van der Waals surface area contributed by atoms with Gasteiger partial charge in [0.2, 0.25) is 0 Å². The summed E-state index contributed by atoms with van der Waals surface area (Å²) in [6.07, 6.45) is 9.24. The average molecular weight is 233 g/mol. The predicted molar refractivity (Wildman–Crippen MR) is 72.7 cm³/mol. The van der Waals surface area contributed by atoms with E-state index in [1.54, 1.807) is 12.4 Å². The van der Waals surface area contributed by atoms with E-state index in [0.29, 0.717) is 5.82 Å². The largest absolute Gasteiger partial charge is 0.264 e. The lowest BCUT2D eigenvalue weighted by molar-refractivity contribution is 1.19. The van der Waals surface area contributed by atoms with Crippen molar-refractivity contribution >= 4 is 23.1 Å². The molecule has 0 fully saturated rings. The number of pyridine rings is 1. The van der Waals surface area contributed by atoms with Crippen LogP contribution in [0.25, 0.3) is 23.1 Å². The first kappa shape index (κ1) is 10.6. The molecule has 86 valence electrons. The standard InChI is InChI=1S/C15H11N3/c1-2-6-14-13(5-1)11-17-15(18-14)8-7-12-4-3-9-16-10-12/h1-11H. The number of hydrogen-bond acceptors (Lipinski definition) is 3. The lowest BCUT2D eigenvalue weighted by atomic mass is 10.2. The van der Waals surface area contributed by atoms with Crippen molar-refractivity contribution in [2.24, 2.45) is 0 Å². The van der Waals surface area contributed by atoms with E-state index in [2.05, 4.69) is 15.0 Å². The minimum absolute atomic E-state index is 0.706. The van der Waals surface area contributed by atoms with Crippen LogP contribution < -0.4 is 0 Å². The molecule has 0 unspecified atom stereocenters. The number of fused-ring (bicyclic) bond motifs is 1. The highest BCUT2D eigenvalue weighted by molar-refractivity contribution is 5.79. The Morgan fingerprint density at radius 2 is 1.83 bits per heavy atom. The molecule has 0 aliphatic rings. The third-order valence-electron chi connectivity index (χ3n) is 2.62. The van der Waals surface area contributed by atoms with Crippen LogP contribution >= 0.6 is 0 Å². The van der Waals surface area contributed by atoms with Gasteiger partial charge in [-0.05, 0) is 29.8 Å². The molecule has 3 heteroatoms. The Labute approximate surface area is 105 Å². The molecule has 2 aromatic heterocycles. The molecule has 1 aromatic carbocycles. The summed E-state index contributed by atoms with van der Waals surface area (Å²) >= 11 is 0. The lowest BCUT2D eigenvalue weighted by Gasteiger charge is -1.97. The molecule has 0 bridgehead atoms. The van der Waals surface area contributed by atoms with E-state index >= 15 is 0 Å². The molecule has 0 amide bonds. The van der Waals surface area contributed by atoms with Crippen molar-refractivity contribution < 1.29 is 0 Å². The van der Waals surface area contributed by atoms with Gasteiger partial charge in [0.25, 0.3) is 0 Å². The SMILES string of the molecule is C(=Cc1ncc2ccccc2n1)c1cccnc1. The Balaban J connectivity index is 1.93. The van der Waals surface area contributed by atoms with E-state index < -0.39 is 0 Å². The van der Waals surface area contributed by atoms with E-state index in [-0.39, 0.29) is 0 Å². The van der Waals surface area contributed by atoms with Crippen LogP contribution in [0.5, 0.6) is 0 Å². The van der Waals surface area contributed by atoms with Crippen LogP contribution in [0.15, 0.2) is 55.0 Å². The summed E-state index contributed by atoms with van der Waals surface area (Å²) < 4.78 is 0. The first-order chi connectivity index (χ1) is 8.92. The molecule has 0 aliphatic heterocycles. The Kier molecular flexibility index (Phi) is 2.80. The summed E-state index contributed by atoms with van der Waals surface area (Å²) in [5.41, 5.74) is 1.99. The summed E-state index contributed by atoms with van der Waals surface area (Å²) in [4.78, 5) is 12.8. The molecule has 3 aromatic rings. The zero-order valence-corrected chi connectivity index (χ0v) is 9.69. The third-order valence-corrected chi connectivity index (χ3v) is 2.62. The third kappa shape index (κ3) is 2.25. The van der Waals surface area contributed by atoms with Gasteiger partial charge in [0, 0.05) is 24.0 Å². The number of rotatable bonds is 2. The molecule has 0 saturated carbocycles. The fourth-order valence-corrected chi connectivity index (χ4v) is 1.71. The predicted octanol–water partition coefficient (Wildman–Crippen LogP) is 3.20. The number of hydrogen-bond donors (Lipinski definition) is 0. The van der Waals surface area contributed by atoms with E-state index in [4.69, 9.17) is 0 Å². The van der Waals surface area contributed by atoms with Crippen LogP contribution in [0.4, 0.5) is 0 Å². The van der Waals surface area contributed by atoms with Gasteiger partial charge in [-0.1, -0.05) is 24.3 Å². The molecule has 0 N–H and O–H groups in total. The van der Waals surface area contributed by atoms with Gasteiger partial charge in [0.15, 0.2) is 5.82 Å². The molecule has 18 heavy (non-hydrogen) atoms. The second kappa shape index (κ2) is 4.75. The van der Waals surface area contributed by atoms with E-state index in [1.165, 1.54) is 0 Å². The Hall–Kier alpha value is -2.55. The first-order valence-corrected chi connectivity index (χ1v) is 5.72. The van der Waals surface area contributed by atoms with Gasteiger partial charge in [0.05, 0.1) is 5.52 Å². The quantitative estimate of drug-likeness (QED) is 0.682. The maximum Gasteiger partial charge on any atom is 0.152 e. The van der Waals surface area contributed by atoms with Gasteiger partial charge >= 0.3 is 0 Å². The summed E-state index contributed by atoms with van der Waals surface area (Å²) in [5.74, 6) is 0.706. The van der Waals surface area contributed by atoms with Crippen LogP contribution in [-0.2, 0) is 0 Å². The van der Waals surface area contributed by atoms with Gasteiger partial charge in [0.1, 0.15) is 0 Å². The van der Waals surface area contributed by atoms with Crippen molar-refractivity contribution in [3.63, 3.8) is 0 Å². The van der Waals surface area contributed by atoms with Crippen molar-refractivity contribution in [2.45, 2.75) is 0 Å². The highest BCUT2D eigenvalue weighted by Gasteiger charge is 1.95. The van der Waals surface area contributed by atoms with Crippen LogP contribution in [0, 0.1) is 0 Å². The maximum absolute atomic E-state index is 4.47. The molecule has 0 spiro atoms. The van der Waals surface area contributed by atoms with Crippen LogP contribution in [0.3, 0.4) is 0 Å². The van der Waals surface area contributed by atoms with Crippen molar-refractivity contribution in [1.29, 1.82) is 0 Å². The average Bonchev–Trinajstić information content (AvgIpc) is 2.46. The van der Waals surface area contributed by atoms with Crippen molar-refractivity contribution in [3.05, 3.63) is 66.4 Å². The number of aromatic nitrogens is 3. The first-order valence-electron chi connectivity index (χ1n) is 5.72. The number of nitrogens with zero attached hydrogens (tertiary/aromatic N) is 3. The molecule has 2 heterocycles. The Morgan fingerprint density at radius 3 is 2.72 bits per heavy atom. The van der Waals surface area contributed by atoms with Crippen LogP contribution in [-0.4, -0.2) is 15.0 Å². The topological polar surface area (TPSA) is 38.7 Å². The minimum Gasteiger partial charge on any atom is -0.264 e. The Morgan fingerprint density at radius 1 is 0.889 bits per heavy atom. The maximum atomic E-state index is 4.47. The van der Waals surface area contributed by atoms with Gasteiger partial charge in [-0.2, -0.15) is 0 Å². The number of benzene rings is 1. The molecule has 0 radical (unpaired) electrons. The van der Waals surface area contributed by atoms with Gasteiger partial charge < -0.3 is 0 Å².